The second-order valence-corrected chi connectivity index (χ2v) is 11.3. The summed E-state index contributed by atoms with van der Waals surface area (Å²) in [6.45, 7) is 1.89. The first-order valence-electron chi connectivity index (χ1n) is 11.6. The molecule has 3 aliphatic rings. The van der Waals surface area contributed by atoms with Crippen molar-refractivity contribution in [3.63, 3.8) is 0 Å². The van der Waals surface area contributed by atoms with Crippen LogP contribution in [0.4, 0.5) is 4.39 Å². The number of H-pyrrole nitrogens is 1. The Balaban J connectivity index is 1.54. The van der Waals surface area contributed by atoms with Gasteiger partial charge in [-0.2, -0.15) is 0 Å². The highest BCUT2D eigenvalue weighted by molar-refractivity contribution is 8.13. The Kier molecular flexibility index (Phi) is 8.07. The van der Waals surface area contributed by atoms with Crippen LogP contribution < -0.4 is 11.2 Å². The molecule has 2 unspecified atom stereocenters. The van der Waals surface area contributed by atoms with Gasteiger partial charge in [0.1, 0.15) is 18.4 Å². The number of hydrogen-bond donors (Lipinski definition) is 1. The van der Waals surface area contributed by atoms with E-state index in [9.17, 15) is 23.3 Å². The molecule has 196 valence electrons. The van der Waals surface area contributed by atoms with Crippen LogP contribution in [0.1, 0.15) is 52.2 Å². The van der Waals surface area contributed by atoms with Crippen LogP contribution in [0.25, 0.3) is 0 Å². The Morgan fingerprint density at radius 3 is 2.71 bits per heavy atom. The van der Waals surface area contributed by atoms with E-state index in [0.717, 1.165) is 35.2 Å². The lowest BCUT2D eigenvalue weighted by Gasteiger charge is -2.33. The number of nitrogens with one attached hydrogen (secondary N) is 1. The first-order valence-corrected chi connectivity index (χ1v) is 13.8. The number of carbonyl (C=O) groups excluding carboxylic acids is 1. The first-order chi connectivity index (χ1) is 16.7. The summed E-state index contributed by atoms with van der Waals surface area (Å²) in [6, 6.07) is 1.16. The highest BCUT2D eigenvalue weighted by atomic mass is 32.2. The van der Waals surface area contributed by atoms with E-state index in [2.05, 4.69) is 4.98 Å². The maximum Gasteiger partial charge on any atom is 0.330 e. The number of halogens is 1. The number of rotatable bonds is 10. The summed E-state index contributed by atoms with van der Waals surface area (Å²) >= 11 is 1.07. The zero-order valence-corrected chi connectivity index (χ0v) is 21.4. The molecule has 4 rings (SSSR count). The van der Waals surface area contributed by atoms with Crippen molar-refractivity contribution in [1.82, 2.24) is 9.55 Å². The van der Waals surface area contributed by atoms with Gasteiger partial charge in [-0.05, 0) is 19.8 Å². The van der Waals surface area contributed by atoms with E-state index < -0.39 is 62.1 Å². The summed E-state index contributed by atoms with van der Waals surface area (Å²) < 4.78 is 57.5. The number of fused-ring (bicyclic) bond motifs is 1. The van der Waals surface area contributed by atoms with Gasteiger partial charge in [0, 0.05) is 37.3 Å². The molecule has 1 saturated carbocycles. The highest BCUT2D eigenvalue weighted by Gasteiger charge is 2.72. The Labute approximate surface area is 205 Å². The molecular formula is C21H30FN2O9PS. The smallest absolute Gasteiger partial charge is 0.330 e. The average Bonchev–Trinajstić information content (AvgIpc) is 3.47. The van der Waals surface area contributed by atoms with Crippen molar-refractivity contribution in [3.05, 3.63) is 33.1 Å². The molecule has 3 fully saturated rings. The molecule has 0 amide bonds. The molecule has 2 aliphatic heterocycles. The van der Waals surface area contributed by atoms with Gasteiger partial charge in [0.05, 0.1) is 13.2 Å². The van der Waals surface area contributed by atoms with Crippen LogP contribution in [-0.4, -0.2) is 63.4 Å². The molecule has 1 spiro atoms. The van der Waals surface area contributed by atoms with Crippen LogP contribution in [-0.2, 0) is 32.6 Å². The third kappa shape index (κ3) is 5.22. The lowest BCUT2D eigenvalue weighted by Crippen LogP contribution is -2.51. The number of alkyl halides is 1. The predicted octanol–water partition coefficient (Wildman–Crippen LogP) is 2.31. The zero-order chi connectivity index (χ0) is 25.3. The minimum absolute atomic E-state index is 0.00743. The van der Waals surface area contributed by atoms with E-state index in [4.69, 9.17) is 23.3 Å². The minimum Gasteiger partial charge on any atom is -0.340 e. The maximum absolute atomic E-state index is 14.7. The maximum atomic E-state index is 14.7. The highest BCUT2D eigenvalue weighted by Crippen LogP contribution is 2.58. The van der Waals surface area contributed by atoms with Gasteiger partial charge in [-0.25, -0.2) is 9.18 Å². The number of thioether (sulfide) groups is 1. The molecule has 0 aromatic carbocycles. The van der Waals surface area contributed by atoms with E-state index in [1.807, 2.05) is 0 Å². The van der Waals surface area contributed by atoms with Crippen molar-refractivity contribution in [2.24, 2.45) is 0 Å². The summed E-state index contributed by atoms with van der Waals surface area (Å²) in [5.74, 6) is -0.632. The Morgan fingerprint density at radius 2 is 2.06 bits per heavy atom. The van der Waals surface area contributed by atoms with Gasteiger partial charge in [-0.15, -0.1) is 0 Å². The molecule has 2 saturated heterocycles. The third-order valence-corrected chi connectivity index (χ3v) is 8.36. The van der Waals surface area contributed by atoms with Crippen molar-refractivity contribution >= 4 is 25.1 Å². The number of nitrogens with zero attached hydrogens (tertiary/aromatic N) is 1. The zero-order valence-electron chi connectivity index (χ0n) is 19.6. The quantitative estimate of drug-likeness (QED) is 0.351. The summed E-state index contributed by atoms with van der Waals surface area (Å²) in [6.07, 6.45) is 2.44. The van der Waals surface area contributed by atoms with Gasteiger partial charge >= 0.3 is 13.9 Å². The van der Waals surface area contributed by atoms with Gasteiger partial charge < -0.3 is 23.3 Å². The van der Waals surface area contributed by atoms with E-state index in [1.165, 1.54) is 6.20 Å². The van der Waals surface area contributed by atoms with Crippen molar-refractivity contribution in [1.29, 1.82) is 0 Å². The molecule has 0 bridgehead atoms. The van der Waals surface area contributed by atoms with Crippen molar-refractivity contribution in [2.75, 3.05) is 25.6 Å². The van der Waals surface area contributed by atoms with Gasteiger partial charge in [0.2, 0.25) is 0 Å². The lowest BCUT2D eigenvalue weighted by molar-refractivity contribution is -0.252. The molecule has 35 heavy (non-hydrogen) atoms. The Hall–Kier alpha value is -1.34. The number of hydrogen-bond acceptors (Lipinski definition) is 10. The predicted molar refractivity (Wildman–Crippen MR) is 124 cm³/mol. The minimum atomic E-state index is -3.03. The fourth-order valence-electron chi connectivity index (χ4n) is 4.95. The third-order valence-electron chi connectivity index (χ3n) is 6.56. The van der Waals surface area contributed by atoms with E-state index in [0.29, 0.717) is 25.0 Å². The number of carbonyl (C=O) groups is 1. The number of aromatic nitrogens is 2. The molecule has 1 N–H and O–H groups in total. The van der Waals surface area contributed by atoms with Gasteiger partial charge in [-0.1, -0.05) is 18.7 Å². The monoisotopic (exact) mass is 536 g/mol. The van der Waals surface area contributed by atoms with Gasteiger partial charge in [0.15, 0.2) is 22.7 Å². The lowest BCUT2D eigenvalue weighted by atomic mass is 9.88. The van der Waals surface area contributed by atoms with Crippen LogP contribution in [0.3, 0.4) is 0 Å². The summed E-state index contributed by atoms with van der Waals surface area (Å²) in [4.78, 5) is 37.7. The number of ether oxygens (including phenoxy) is 3. The van der Waals surface area contributed by atoms with Gasteiger partial charge in [-0.3, -0.25) is 23.7 Å². The van der Waals surface area contributed by atoms with Gasteiger partial charge in [0.25, 0.3) is 5.56 Å². The molecule has 5 atom stereocenters. The van der Waals surface area contributed by atoms with Crippen molar-refractivity contribution < 1.29 is 37.0 Å². The summed E-state index contributed by atoms with van der Waals surface area (Å²) in [7, 11) is -3.03. The molecule has 14 heteroatoms. The Morgan fingerprint density at radius 1 is 1.31 bits per heavy atom. The molecule has 1 aromatic heterocycles. The van der Waals surface area contributed by atoms with Crippen LogP contribution in [0.15, 0.2) is 21.9 Å². The molecule has 3 heterocycles. The topological polar surface area (TPSA) is 135 Å². The van der Waals surface area contributed by atoms with Crippen LogP contribution in [0.2, 0.25) is 0 Å². The van der Waals surface area contributed by atoms with Crippen LogP contribution in [0.5, 0.6) is 0 Å². The molecular weight excluding hydrogens is 506 g/mol. The number of aromatic amines is 1. The fraction of sp³-hybridized carbons (Fsp3) is 0.762. The fourth-order valence-corrected chi connectivity index (χ4v) is 6.42. The van der Waals surface area contributed by atoms with E-state index in [1.54, 1.807) is 13.8 Å². The van der Waals surface area contributed by atoms with Crippen LogP contribution >= 0.6 is 20.0 Å². The van der Waals surface area contributed by atoms with Crippen molar-refractivity contribution in [2.45, 2.75) is 75.3 Å². The van der Waals surface area contributed by atoms with E-state index >= 15 is 0 Å². The van der Waals surface area contributed by atoms with Crippen LogP contribution in [0, 0.1) is 0 Å². The molecule has 11 nitrogen and oxygen atoms in total. The second kappa shape index (κ2) is 10.6. The van der Waals surface area contributed by atoms with Crippen molar-refractivity contribution in [3.8, 4) is 0 Å². The average molecular weight is 537 g/mol. The largest absolute Gasteiger partial charge is 0.340 e. The molecule has 1 aliphatic carbocycles. The first kappa shape index (κ1) is 26.7. The van der Waals surface area contributed by atoms with E-state index in [-0.39, 0.29) is 11.7 Å². The Bertz CT molecular complexity index is 1080. The summed E-state index contributed by atoms with van der Waals surface area (Å²) in [5, 5.41) is -0.00743. The SMILES string of the molecule is CCC(=O)SCCO[PH](=O)OC[C@@]1(CF)O[C@@H](n2ccc(=O)[nH]c2=O)C2(C)OC3(CCCC3)O[C@@H]21. The standard InChI is InChI=1S/C21H30FN2O9PS/c1-3-15(26)35-11-10-29-34(28)30-13-20(12-22)16-19(2,33-21(31-16)7-4-5-8-21)17(32-20)24-9-6-14(25)23-18(24)27/h6,9,16-17,34H,3-5,7-8,10-13H2,1-2H3,(H,23,25,27)/t16-,17+,19?,20+/m0/s1. The molecule has 1 aromatic rings. The summed E-state index contributed by atoms with van der Waals surface area (Å²) in [5.41, 5.74) is -4.37. The second-order valence-electron chi connectivity index (χ2n) is 9.05. The molecule has 0 radical (unpaired) electrons. The normalized spacial score (nSPS) is 32.2.